The lowest BCUT2D eigenvalue weighted by Crippen LogP contribution is -2.22. The smallest absolute Gasteiger partial charge is 0.128 e. The Labute approximate surface area is 96.8 Å². The second-order valence-electron chi connectivity index (χ2n) is 3.88. The van der Waals surface area contributed by atoms with E-state index in [1.807, 2.05) is 6.07 Å². The lowest BCUT2D eigenvalue weighted by atomic mass is 10.2. The highest BCUT2D eigenvalue weighted by Crippen LogP contribution is 2.23. The number of hydrogen-bond donors (Lipinski definition) is 1. The molecule has 0 bridgehead atoms. The third kappa shape index (κ3) is 2.56. The minimum atomic E-state index is -0.254. The Balaban J connectivity index is 2.10. The summed E-state index contributed by atoms with van der Waals surface area (Å²) in [6.45, 7) is 2.03. The molecule has 15 heavy (non-hydrogen) atoms. The van der Waals surface area contributed by atoms with Gasteiger partial charge in [0, 0.05) is 29.7 Å². The molecule has 0 spiro atoms. The van der Waals surface area contributed by atoms with Crippen LogP contribution in [0.3, 0.4) is 0 Å². The molecule has 1 saturated heterocycles. The predicted molar refractivity (Wildman–Crippen MR) is 60.0 cm³/mol. The Morgan fingerprint density at radius 2 is 2.33 bits per heavy atom. The summed E-state index contributed by atoms with van der Waals surface area (Å²) in [6.07, 6.45) is 0.530. The molecular weight excluding hydrogens is 261 g/mol. The molecule has 1 atom stereocenters. The first-order valence-corrected chi connectivity index (χ1v) is 5.79. The van der Waals surface area contributed by atoms with Crippen molar-refractivity contribution in [3.63, 3.8) is 0 Å². The fourth-order valence-electron chi connectivity index (χ4n) is 1.86. The van der Waals surface area contributed by atoms with Crippen LogP contribution in [0.2, 0.25) is 0 Å². The van der Waals surface area contributed by atoms with Crippen LogP contribution in [-0.4, -0.2) is 29.2 Å². The number of aliphatic hydroxyl groups excluding tert-OH is 1. The van der Waals surface area contributed by atoms with Gasteiger partial charge in [0.1, 0.15) is 5.82 Å². The van der Waals surface area contributed by atoms with Gasteiger partial charge in [0.25, 0.3) is 0 Å². The molecule has 2 nitrogen and oxygen atoms in total. The van der Waals surface area contributed by atoms with E-state index in [1.54, 1.807) is 6.07 Å². The summed E-state index contributed by atoms with van der Waals surface area (Å²) in [7, 11) is 0. The van der Waals surface area contributed by atoms with Crippen molar-refractivity contribution < 1.29 is 9.50 Å². The Morgan fingerprint density at radius 1 is 1.53 bits per heavy atom. The molecule has 1 aliphatic heterocycles. The average molecular weight is 274 g/mol. The first-order valence-electron chi connectivity index (χ1n) is 5.00. The SMILES string of the molecule is O[C@H]1CCN(Cc2c(F)cccc2Br)C1. The maximum absolute atomic E-state index is 13.5. The number of aliphatic hydroxyl groups is 1. The Kier molecular flexibility index (Phi) is 3.38. The van der Waals surface area contributed by atoms with Gasteiger partial charge in [0.15, 0.2) is 0 Å². The van der Waals surface area contributed by atoms with Crippen LogP contribution in [-0.2, 0) is 6.54 Å². The van der Waals surface area contributed by atoms with E-state index >= 15 is 0 Å². The highest BCUT2D eigenvalue weighted by molar-refractivity contribution is 9.10. The molecule has 2 rings (SSSR count). The van der Waals surface area contributed by atoms with Gasteiger partial charge < -0.3 is 5.11 Å². The topological polar surface area (TPSA) is 23.5 Å². The van der Waals surface area contributed by atoms with Crippen LogP contribution in [0.1, 0.15) is 12.0 Å². The summed E-state index contributed by atoms with van der Waals surface area (Å²) < 4.78 is 14.3. The maximum atomic E-state index is 13.5. The van der Waals surface area contributed by atoms with Crippen molar-refractivity contribution >= 4 is 15.9 Å². The molecule has 0 aliphatic carbocycles. The van der Waals surface area contributed by atoms with Gasteiger partial charge in [0.2, 0.25) is 0 Å². The monoisotopic (exact) mass is 273 g/mol. The summed E-state index contributed by atoms with van der Waals surface area (Å²) in [5, 5.41) is 9.37. The van der Waals surface area contributed by atoms with Gasteiger partial charge in [-0.25, -0.2) is 4.39 Å². The largest absolute Gasteiger partial charge is 0.392 e. The predicted octanol–water partition coefficient (Wildman–Crippen LogP) is 2.15. The molecule has 0 unspecified atom stereocenters. The Hall–Kier alpha value is -0.450. The average Bonchev–Trinajstić information content (AvgIpc) is 2.58. The van der Waals surface area contributed by atoms with E-state index < -0.39 is 0 Å². The molecule has 4 heteroatoms. The second kappa shape index (κ2) is 4.60. The minimum absolute atomic E-state index is 0.189. The van der Waals surface area contributed by atoms with E-state index in [0.29, 0.717) is 18.7 Å². The molecule has 1 aliphatic rings. The zero-order valence-corrected chi connectivity index (χ0v) is 9.87. The van der Waals surface area contributed by atoms with Crippen molar-refractivity contribution in [2.75, 3.05) is 13.1 Å². The number of hydrogen-bond acceptors (Lipinski definition) is 2. The van der Waals surface area contributed by atoms with E-state index in [4.69, 9.17) is 0 Å². The van der Waals surface area contributed by atoms with Crippen LogP contribution in [0.15, 0.2) is 22.7 Å². The van der Waals surface area contributed by atoms with Crippen molar-refractivity contribution in [3.05, 3.63) is 34.1 Å². The summed E-state index contributed by atoms with van der Waals surface area (Å²) in [6, 6.07) is 4.99. The normalized spacial score (nSPS) is 22.2. The maximum Gasteiger partial charge on any atom is 0.128 e. The number of likely N-dealkylation sites (tertiary alicyclic amines) is 1. The van der Waals surface area contributed by atoms with Gasteiger partial charge in [-0.05, 0) is 18.6 Å². The van der Waals surface area contributed by atoms with Crippen LogP contribution < -0.4 is 0 Å². The highest BCUT2D eigenvalue weighted by Gasteiger charge is 2.21. The van der Waals surface area contributed by atoms with Gasteiger partial charge in [-0.15, -0.1) is 0 Å². The van der Waals surface area contributed by atoms with Crippen molar-refractivity contribution in [1.29, 1.82) is 0 Å². The summed E-state index contributed by atoms with van der Waals surface area (Å²) in [4.78, 5) is 2.06. The lowest BCUT2D eigenvalue weighted by Gasteiger charge is -2.16. The van der Waals surface area contributed by atoms with Gasteiger partial charge in [-0.2, -0.15) is 0 Å². The standard InChI is InChI=1S/C11H13BrFNO/c12-10-2-1-3-11(13)9(10)7-14-5-4-8(15)6-14/h1-3,8,15H,4-7H2/t8-/m0/s1. The number of halogens is 2. The van der Waals surface area contributed by atoms with Crippen LogP contribution in [0.4, 0.5) is 4.39 Å². The van der Waals surface area contributed by atoms with Crippen molar-refractivity contribution in [1.82, 2.24) is 4.90 Å². The van der Waals surface area contributed by atoms with Crippen molar-refractivity contribution in [3.8, 4) is 0 Å². The third-order valence-corrected chi connectivity index (χ3v) is 3.43. The summed E-state index contributed by atoms with van der Waals surface area (Å²) in [5.74, 6) is -0.189. The van der Waals surface area contributed by atoms with E-state index in [2.05, 4.69) is 20.8 Å². The zero-order chi connectivity index (χ0) is 10.8. The van der Waals surface area contributed by atoms with Crippen LogP contribution in [0.25, 0.3) is 0 Å². The van der Waals surface area contributed by atoms with Gasteiger partial charge in [0.05, 0.1) is 6.10 Å². The Bertz CT molecular complexity index is 338. The fourth-order valence-corrected chi connectivity index (χ4v) is 2.33. The van der Waals surface area contributed by atoms with E-state index in [0.717, 1.165) is 17.4 Å². The minimum Gasteiger partial charge on any atom is -0.392 e. The van der Waals surface area contributed by atoms with E-state index in [1.165, 1.54) is 6.07 Å². The quantitative estimate of drug-likeness (QED) is 0.893. The van der Waals surface area contributed by atoms with Crippen molar-refractivity contribution in [2.45, 2.75) is 19.1 Å². The van der Waals surface area contributed by atoms with Gasteiger partial charge in [-0.3, -0.25) is 4.90 Å². The van der Waals surface area contributed by atoms with E-state index in [9.17, 15) is 9.50 Å². The third-order valence-electron chi connectivity index (χ3n) is 2.69. The highest BCUT2D eigenvalue weighted by atomic mass is 79.9. The number of β-amino-alcohol motifs (C(OH)–C–C–N with tert-alkyl or cyclic N) is 1. The van der Waals surface area contributed by atoms with Crippen LogP contribution in [0, 0.1) is 5.82 Å². The molecular formula is C11H13BrFNO. The molecule has 82 valence electrons. The van der Waals surface area contributed by atoms with Gasteiger partial charge in [-0.1, -0.05) is 22.0 Å². The summed E-state index contributed by atoms with van der Waals surface area (Å²) >= 11 is 3.34. The first kappa shape index (κ1) is 11.0. The lowest BCUT2D eigenvalue weighted by molar-refractivity contribution is 0.174. The molecule has 1 fully saturated rings. The molecule has 1 N–H and O–H groups in total. The second-order valence-corrected chi connectivity index (χ2v) is 4.73. The number of benzene rings is 1. The molecule has 1 heterocycles. The molecule has 0 radical (unpaired) electrons. The van der Waals surface area contributed by atoms with Crippen LogP contribution in [0.5, 0.6) is 0 Å². The molecule has 0 aromatic heterocycles. The number of rotatable bonds is 2. The van der Waals surface area contributed by atoms with Crippen LogP contribution >= 0.6 is 15.9 Å². The molecule has 1 aromatic carbocycles. The zero-order valence-electron chi connectivity index (χ0n) is 8.29. The fraction of sp³-hybridized carbons (Fsp3) is 0.455. The first-order chi connectivity index (χ1) is 7.16. The number of nitrogens with zero attached hydrogens (tertiary/aromatic N) is 1. The molecule has 1 aromatic rings. The summed E-state index contributed by atoms with van der Waals surface area (Å²) in [5.41, 5.74) is 0.673. The molecule has 0 amide bonds. The molecule has 0 saturated carbocycles. The van der Waals surface area contributed by atoms with E-state index in [-0.39, 0.29) is 11.9 Å². The van der Waals surface area contributed by atoms with Gasteiger partial charge >= 0.3 is 0 Å². The Morgan fingerprint density at radius 3 is 2.93 bits per heavy atom. The van der Waals surface area contributed by atoms with Crippen molar-refractivity contribution in [2.24, 2.45) is 0 Å².